The van der Waals surface area contributed by atoms with E-state index in [2.05, 4.69) is 11.4 Å². The Balaban J connectivity index is 1.94. The van der Waals surface area contributed by atoms with Gasteiger partial charge in [-0.3, -0.25) is 4.79 Å². The molecule has 2 aromatic rings. The molecule has 7 heteroatoms. The molecule has 0 aromatic heterocycles. The summed E-state index contributed by atoms with van der Waals surface area (Å²) in [7, 11) is 4.67. The third-order valence-corrected chi connectivity index (χ3v) is 4.63. The van der Waals surface area contributed by atoms with Crippen LogP contribution in [0.3, 0.4) is 0 Å². The SMILES string of the molecule is COc1cc(OC)c(OC)cc1CNC(=O)CSc1ccc(C#N)cc1. The van der Waals surface area contributed by atoms with Gasteiger partial charge in [-0.15, -0.1) is 11.8 Å². The fraction of sp³-hybridized carbons (Fsp3) is 0.263. The zero-order valence-corrected chi connectivity index (χ0v) is 15.7. The van der Waals surface area contributed by atoms with Crippen molar-refractivity contribution in [3.63, 3.8) is 0 Å². The Labute approximate surface area is 157 Å². The third kappa shape index (κ3) is 5.07. The van der Waals surface area contributed by atoms with Crippen molar-refractivity contribution in [1.29, 1.82) is 5.26 Å². The van der Waals surface area contributed by atoms with Gasteiger partial charge in [0.2, 0.25) is 5.91 Å². The minimum absolute atomic E-state index is 0.101. The lowest BCUT2D eigenvalue weighted by Gasteiger charge is -2.14. The lowest BCUT2D eigenvalue weighted by molar-refractivity contribution is -0.118. The van der Waals surface area contributed by atoms with Crippen LogP contribution in [-0.2, 0) is 11.3 Å². The second kappa shape index (κ2) is 9.59. The van der Waals surface area contributed by atoms with Gasteiger partial charge in [0.25, 0.3) is 0 Å². The van der Waals surface area contributed by atoms with Crippen LogP contribution in [0.4, 0.5) is 0 Å². The quantitative estimate of drug-likeness (QED) is 0.718. The predicted octanol–water partition coefficient (Wildman–Crippen LogP) is 2.99. The zero-order valence-electron chi connectivity index (χ0n) is 14.9. The van der Waals surface area contributed by atoms with E-state index in [9.17, 15) is 4.79 Å². The molecule has 0 fully saturated rings. The Morgan fingerprint density at radius 2 is 1.65 bits per heavy atom. The molecule has 0 aliphatic heterocycles. The number of thioether (sulfide) groups is 1. The number of carbonyl (C=O) groups excluding carboxylic acids is 1. The highest BCUT2D eigenvalue weighted by molar-refractivity contribution is 8.00. The highest BCUT2D eigenvalue weighted by Crippen LogP contribution is 2.34. The number of hydrogen-bond donors (Lipinski definition) is 1. The van der Waals surface area contributed by atoms with Gasteiger partial charge < -0.3 is 19.5 Å². The van der Waals surface area contributed by atoms with Crippen molar-refractivity contribution in [3.05, 3.63) is 47.5 Å². The van der Waals surface area contributed by atoms with Gasteiger partial charge >= 0.3 is 0 Å². The van der Waals surface area contributed by atoms with Gasteiger partial charge in [0.1, 0.15) is 5.75 Å². The highest BCUT2D eigenvalue weighted by atomic mass is 32.2. The lowest BCUT2D eigenvalue weighted by atomic mass is 10.1. The number of carbonyl (C=O) groups is 1. The van der Waals surface area contributed by atoms with Crippen LogP contribution in [0.5, 0.6) is 17.2 Å². The standard InChI is InChI=1S/C19H20N2O4S/c1-23-16-9-18(25-3)17(24-2)8-14(16)11-21-19(22)12-26-15-6-4-13(10-20)5-7-15/h4-9H,11-12H2,1-3H3,(H,21,22). The molecule has 1 amide bonds. The summed E-state index contributed by atoms with van der Waals surface area (Å²) in [5, 5.41) is 11.7. The first-order valence-corrected chi connectivity index (χ1v) is 8.78. The van der Waals surface area contributed by atoms with Gasteiger partial charge in [-0.1, -0.05) is 0 Å². The summed E-state index contributed by atoms with van der Waals surface area (Å²) in [6.07, 6.45) is 0. The first kappa shape index (κ1) is 19.5. The molecule has 136 valence electrons. The average molecular weight is 372 g/mol. The maximum absolute atomic E-state index is 12.1. The number of hydrogen-bond acceptors (Lipinski definition) is 6. The van der Waals surface area contributed by atoms with Crippen LogP contribution >= 0.6 is 11.8 Å². The summed E-state index contributed by atoms with van der Waals surface area (Å²) in [5.74, 6) is 1.93. The van der Waals surface area contributed by atoms with E-state index in [1.807, 2.05) is 12.1 Å². The van der Waals surface area contributed by atoms with Gasteiger partial charge in [-0.25, -0.2) is 0 Å². The summed E-state index contributed by atoms with van der Waals surface area (Å²) in [4.78, 5) is 13.0. The number of nitrogens with one attached hydrogen (secondary N) is 1. The minimum atomic E-state index is -0.101. The topological polar surface area (TPSA) is 80.6 Å². The molecule has 0 atom stereocenters. The van der Waals surface area contributed by atoms with Gasteiger partial charge in [0.15, 0.2) is 11.5 Å². The smallest absolute Gasteiger partial charge is 0.230 e. The van der Waals surface area contributed by atoms with Crippen LogP contribution in [-0.4, -0.2) is 33.0 Å². The normalized spacial score (nSPS) is 9.92. The van der Waals surface area contributed by atoms with E-state index in [0.717, 1.165) is 10.5 Å². The van der Waals surface area contributed by atoms with Gasteiger partial charge in [-0.05, 0) is 30.3 Å². The summed E-state index contributed by atoms with van der Waals surface area (Å²) >= 11 is 1.41. The Hall–Kier alpha value is -2.85. The number of ether oxygens (including phenoxy) is 3. The lowest BCUT2D eigenvalue weighted by Crippen LogP contribution is -2.24. The molecule has 6 nitrogen and oxygen atoms in total. The Morgan fingerprint density at radius 3 is 2.23 bits per heavy atom. The average Bonchev–Trinajstić information content (AvgIpc) is 2.70. The summed E-state index contributed by atoms with van der Waals surface area (Å²) in [6.45, 7) is 0.316. The van der Waals surface area contributed by atoms with Gasteiger partial charge in [0, 0.05) is 23.1 Å². The molecule has 0 unspecified atom stereocenters. The molecule has 2 rings (SSSR count). The van der Waals surface area contributed by atoms with Gasteiger partial charge in [-0.2, -0.15) is 5.26 Å². The van der Waals surface area contributed by atoms with E-state index in [1.165, 1.54) is 11.8 Å². The van der Waals surface area contributed by atoms with E-state index in [4.69, 9.17) is 19.5 Å². The molecule has 0 saturated carbocycles. The fourth-order valence-electron chi connectivity index (χ4n) is 2.25. The zero-order chi connectivity index (χ0) is 18.9. The van der Waals surface area contributed by atoms with E-state index in [-0.39, 0.29) is 11.7 Å². The first-order chi connectivity index (χ1) is 12.6. The number of methoxy groups -OCH3 is 3. The summed E-state index contributed by atoms with van der Waals surface area (Å²) in [5.41, 5.74) is 1.39. The van der Waals surface area contributed by atoms with E-state index < -0.39 is 0 Å². The molecule has 0 heterocycles. The number of benzene rings is 2. The number of amides is 1. The second-order valence-corrected chi connectivity index (χ2v) is 6.27. The Morgan fingerprint density at radius 1 is 1.04 bits per heavy atom. The molecule has 2 aromatic carbocycles. The molecule has 0 spiro atoms. The predicted molar refractivity (Wildman–Crippen MR) is 99.8 cm³/mol. The van der Waals surface area contributed by atoms with Crippen molar-refractivity contribution in [2.75, 3.05) is 27.1 Å². The van der Waals surface area contributed by atoms with Crippen LogP contribution in [0.15, 0.2) is 41.3 Å². The van der Waals surface area contributed by atoms with E-state index in [1.54, 1.807) is 45.6 Å². The molecule has 0 radical (unpaired) electrons. The van der Waals surface area contributed by atoms with Crippen LogP contribution in [0, 0.1) is 11.3 Å². The van der Waals surface area contributed by atoms with E-state index >= 15 is 0 Å². The molecule has 0 saturated heterocycles. The van der Waals surface area contributed by atoms with Crippen molar-refractivity contribution in [3.8, 4) is 23.3 Å². The molecule has 0 aliphatic rings. The summed E-state index contributed by atoms with van der Waals surface area (Å²) in [6, 6.07) is 12.7. The van der Waals surface area contributed by atoms with Crippen molar-refractivity contribution in [1.82, 2.24) is 5.32 Å². The van der Waals surface area contributed by atoms with Crippen molar-refractivity contribution >= 4 is 17.7 Å². The fourth-order valence-corrected chi connectivity index (χ4v) is 2.98. The Kier molecular flexibility index (Phi) is 7.18. The highest BCUT2D eigenvalue weighted by Gasteiger charge is 2.13. The molecule has 0 bridgehead atoms. The maximum Gasteiger partial charge on any atom is 0.230 e. The third-order valence-electron chi connectivity index (χ3n) is 3.62. The first-order valence-electron chi connectivity index (χ1n) is 7.79. The largest absolute Gasteiger partial charge is 0.496 e. The minimum Gasteiger partial charge on any atom is -0.496 e. The van der Waals surface area contributed by atoms with Crippen molar-refractivity contribution < 1.29 is 19.0 Å². The second-order valence-electron chi connectivity index (χ2n) is 5.22. The Bertz CT molecular complexity index is 800. The monoisotopic (exact) mass is 372 g/mol. The van der Waals surface area contributed by atoms with Crippen LogP contribution in [0.2, 0.25) is 0 Å². The molecule has 0 aliphatic carbocycles. The van der Waals surface area contributed by atoms with Crippen molar-refractivity contribution in [2.24, 2.45) is 0 Å². The summed E-state index contributed by atoms with van der Waals surface area (Å²) < 4.78 is 15.9. The number of rotatable bonds is 8. The van der Waals surface area contributed by atoms with Crippen LogP contribution in [0.25, 0.3) is 0 Å². The molecule has 26 heavy (non-hydrogen) atoms. The number of nitriles is 1. The van der Waals surface area contributed by atoms with Gasteiger partial charge in [0.05, 0.1) is 38.7 Å². The molecule has 1 N–H and O–H groups in total. The number of nitrogens with zero attached hydrogens (tertiary/aromatic N) is 1. The molecular formula is C19H20N2O4S. The van der Waals surface area contributed by atoms with Crippen LogP contribution in [0.1, 0.15) is 11.1 Å². The van der Waals surface area contributed by atoms with Crippen LogP contribution < -0.4 is 19.5 Å². The maximum atomic E-state index is 12.1. The van der Waals surface area contributed by atoms with Crippen molar-refractivity contribution in [2.45, 2.75) is 11.4 Å². The van der Waals surface area contributed by atoms with E-state index in [0.29, 0.717) is 29.4 Å². The molecular weight excluding hydrogens is 352 g/mol.